The fourth-order valence-electron chi connectivity index (χ4n) is 5.07. The fourth-order valence-corrected chi connectivity index (χ4v) is 5.07. The number of H-pyrrole nitrogens is 1. The van der Waals surface area contributed by atoms with Gasteiger partial charge in [-0.2, -0.15) is 0 Å². The highest BCUT2D eigenvalue weighted by Gasteiger charge is 2.27. The molecular formula is C31H34N6O3. The lowest BCUT2D eigenvalue weighted by molar-refractivity contribution is 0.159. The van der Waals surface area contributed by atoms with E-state index in [0.29, 0.717) is 31.8 Å². The molecule has 0 saturated carbocycles. The number of ether oxygens (including phenoxy) is 2. The number of pyridine rings is 1. The minimum atomic E-state index is -0.159. The number of hydrogen-bond donors (Lipinski definition) is 1. The van der Waals surface area contributed by atoms with Crippen molar-refractivity contribution in [2.24, 2.45) is 0 Å². The first-order valence-electron chi connectivity index (χ1n) is 13.5. The maximum absolute atomic E-state index is 13.3. The lowest BCUT2D eigenvalue weighted by atomic mass is 10.1. The number of nitrogens with one attached hydrogen (secondary N) is 1. The predicted octanol–water partition coefficient (Wildman–Crippen LogP) is 5.12. The summed E-state index contributed by atoms with van der Waals surface area (Å²) in [5.74, 6) is 2.31. The van der Waals surface area contributed by atoms with Gasteiger partial charge in [0.1, 0.15) is 11.5 Å². The summed E-state index contributed by atoms with van der Waals surface area (Å²) < 4.78 is 13.2. The lowest BCUT2D eigenvalue weighted by Gasteiger charge is -2.30. The van der Waals surface area contributed by atoms with Crippen LogP contribution < -0.4 is 15.0 Å². The molecule has 3 aromatic carbocycles. The second-order valence-corrected chi connectivity index (χ2v) is 9.63. The van der Waals surface area contributed by atoms with Crippen molar-refractivity contribution in [1.82, 2.24) is 30.1 Å². The van der Waals surface area contributed by atoms with E-state index in [4.69, 9.17) is 9.47 Å². The van der Waals surface area contributed by atoms with Gasteiger partial charge in [-0.1, -0.05) is 55.5 Å². The first kappa shape index (κ1) is 27.1. The van der Waals surface area contributed by atoms with Gasteiger partial charge in [0.2, 0.25) is 0 Å². The van der Waals surface area contributed by atoms with Crippen molar-refractivity contribution in [1.29, 1.82) is 0 Å². The molecule has 0 bridgehead atoms. The molecule has 2 aromatic heterocycles. The van der Waals surface area contributed by atoms with E-state index < -0.39 is 0 Å². The fraction of sp³-hybridized carbons (Fsp3) is 0.290. The van der Waals surface area contributed by atoms with Crippen LogP contribution in [0.2, 0.25) is 0 Å². The molecule has 5 rings (SSSR count). The molecule has 1 atom stereocenters. The summed E-state index contributed by atoms with van der Waals surface area (Å²) >= 11 is 0. The van der Waals surface area contributed by atoms with Crippen LogP contribution >= 0.6 is 0 Å². The van der Waals surface area contributed by atoms with Crippen LogP contribution in [-0.4, -0.2) is 43.8 Å². The van der Waals surface area contributed by atoms with Crippen molar-refractivity contribution in [3.05, 3.63) is 112 Å². The number of benzene rings is 3. The van der Waals surface area contributed by atoms with E-state index in [1.54, 1.807) is 7.11 Å². The monoisotopic (exact) mass is 538 g/mol. The second kappa shape index (κ2) is 12.6. The minimum Gasteiger partial charge on any atom is -0.496 e. The molecule has 9 heteroatoms. The molecule has 9 nitrogen and oxygen atoms in total. The summed E-state index contributed by atoms with van der Waals surface area (Å²) in [5, 5.41) is 13.7. The van der Waals surface area contributed by atoms with Gasteiger partial charge in [-0.3, -0.25) is 9.69 Å². The number of para-hydroxylation sites is 1. The van der Waals surface area contributed by atoms with E-state index in [0.717, 1.165) is 45.8 Å². The molecule has 0 aliphatic rings. The summed E-state index contributed by atoms with van der Waals surface area (Å²) in [6.07, 6.45) is 0.740. The van der Waals surface area contributed by atoms with Gasteiger partial charge in [0.15, 0.2) is 5.82 Å². The highest BCUT2D eigenvalue weighted by molar-refractivity contribution is 5.80. The first-order valence-corrected chi connectivity index (χ1v) is 13.5. The van der Waals surface area contributed by atoms with Crippen molar-refractivity contribution in [2.45, 2.75) is 45.9 Å². The topological polar surface area (TPSA) is 98.2 Å². The van der Waals surface area contributed by atoms with Crippen LogP contribution in [0.5, 0.6) is 11.5 Å². The molecule has 5 aromatic rings. The molecule has 0 radical (unpaired) electrons. The minimum absolute atomic E-state index is 0.125. The zero-order valence-corrected chi connectivity index (χ0v) is 23.1. The van der Waals surface area contributed by atoms with Crippen molar-refractivity contribution in [2.75, 3.05) is 13.7 Å². The van der Waals surface area contributed by atoms with E-state index in [1.165, 1.54) is 0 Å². The lowest BCUT2D eigenvalue weighted by Crippen LogP contribution is -2.32. The van der Waals surface area contributed by atoms with Gasteiger partial charge in [-0.15, -0.1) is 5.10 Å². The molecular weight excluding hydrogens is 504 g/mol. The van der Waals surface area contributed by atoms with E-state index in [-0.39, 0.29) is 11.6 Å². The molecule has 1 unspecified atom stereocenters. The Hall–Kier alpha value is -4.50. The van der Waals surface area contributed by atoms with E-state index >= 15 is 0 Å². The third kappa shape index (κ3) is 6.05. The number of tetrazole rings is 1. The summed E-state index contributed by atoms with van der Waals surface area (Å²) in [6, 6.07) is 25.6. The molecule has 0 spiro atoms. The maximum atomic E-state index is 13.3. The van der Waals surface area contributed by atoms with Crippen LogP contribution in [0.15, 0.2) is 83.7 Å². The Bertz CT molecular complexity index is 1610. The Balaban J connectivity index is 1.54. The molecule has 1 N–H and O–H groups in total. The third-order valence-electron chi connectivity index (χ3n) is 7.00. The van der Waals surface area contributed by atoms with Gasteiger partial charge < -0.3 is 14.5 Å². The Kier molecular flexibility index (Phi) is 8.51. The normalized spacial score (nSPS) is 12.1. The van der Waals surface area contributed by atoms with Crippen molar-refractivity contribution in [3.8, 4) is 11.5 Å². The number of aromatic amines is 1. The standard InChI is InChI=1S/C31H34N6O3/c1-4-28(30-33-34-35-37(30)19-22-11-7-6-8-12-22)36(20-23-13-9-10-14-29(23)39-3)21-25-17-24-18-26(40-5-2)15-16-27(24)32-31(25)38/h6-18,28H,4-5,19-21H2,1-3H3,(H,32,38). The van der Waals surface area contributed by atoms with Gasteiger partial charge in [0.25, 0.3) is 5.56 Å². The van der Waals surface area contributed by atoms with Gasteiger partial charge in [-0.05, 0) is 59.7 Å². The number of rotatable bonds is 12. The van der Waals surface area contributed by atoms with Gasteiger partial charge in [-0.25, -0.2) is 4.68 Å². The summed E-state index contributed by atoms with van der Waals surface area (Å²) in [6.45, 7) is 6.12. The predicted molar refractivity (Wildman–Crippen MR) is 154 cm³/mol. The van der Waals surface area contributed by atoms with Crippen molar-refractivity contribution in [3.63, 3.8) is 0 Å². The number of fused-ring (bicyclic) bond motifs is 1. The van der Waals surface area contributed by atoms with E-state index in [2.05, 4.69) is 44.5 Å². The number of aromatic nitrogens is 5. The maximum Gasteiger partial charge on any atom is 0.252 e. The van der Waals surface area contributed by atoms with Crippen LogP contribution in [-0.2, 0) is 19.6 Å². The van der Waals surface area contributed by atoms with Crippen molar-refractivity contribution < 1.29 is 9.47 Å². The summed E-state index contributed by atoms with van der Waals surface area (Å²) in [7, 11) is 1.67. The summed E-state index contributed by atoms with van der Waals surface area (Å²) in [4.78, 5) is 18.6. The third-order valence-corrected chi connectivity index (χ3v) is 7.00. The number of nitrogens with zero attached hydrogens (tertiary/aromatic N) is 5. The van der Waals surface area contributed by atoms with Gasteiger partial charge >= 0.3 is 0 Å². The van der Waals surface area contributed by atoms with Crippen molar-refractivity contribution >= 4 is 10.9 Å². The van der Waals surface area contributed by atoms with Crippen LogP contribution in [0.4, 0.5) is 0 Å². The Labute approximate surface area is 233 Å². The highest BCUT2D eigenvalue weighted by atomic mass is 16.5. The van der Waals surface area contributed by atoms with Crippen LogP contribution in [0, 0.1) is 0 Å². The largest absolute Gasteiger partial charge is 0.496 e. The van der Waals surface area contributed by atoms with E-state index in [1.807, 2.05) is 78.3 Å². The van der Waals surface area contributed by atoms with Gasteiger partial charge in [0, 0.05) is 35.1 Å². The van der Waals surface area contributed by atoms with Crippen LogP contribution in [0.1, 0.15) is 48.8 Å². The molecule has 0 fully saturated rings. The summed E-state index contributed by atoms with van der Waals surface area (Å²) in [5.41, 5.74) is 3.42. The Morgan fingerprint density at radius 1 is 0.950 bits per heavy atom. The average Bonchev–Trinajstić information content (AvgIpc) is 3.42. The molecule has 0 aliphatic heterocycles. The second-order valence-electron chi connectivity index (χ2n) is 9.63. The SMILES string of the molecule is CCOc1ccc2[nH]c(=O)c(CN(Cc3ccccc3OC)C(CC)c3nnnn3Cc3ccccc3)cc2c1. The average molecular weight is 539 g/mol. The Morgan fingerprint density at radius 2 is 1.73 bits per heavy atom. The smallest absolute Gasteiger partial charge is 0.252 e. The molecule has 2 heterocycles. The van der Waals surface area contributed by atoms with Crippen LogP contribution in [0.3, 0.4) is 0 Å². The number of methoxy groups -OCH3 is 1. The number of hydrogen-bond acceptors (Lipinski definition) is 7. The highest BCUT2D eigenvalue weighted by Crippen LogP contribution is 2.30. The zero-order valence-electron chi connectivity index (χ0n) is 23.1. The van der Waals surface area contributed by atoms with E-state index in [9.17, 15) is 4.79 Å². The first-order chi connectivity index (χ1) is 19.6. The molecule has 40 heavy (non-hydrogen) atoms. The Morgan fingerprint density at radius 3 is 2.50 bits per heavy atom. The quantitative estimate of drug-likeness (QED) is 0.235. The van der Waals surface area contributed by atoms with Gasteiger partial charge in [0.05, 0.1) is 26.3 Å². The molecule has 0 aliphatic carbocycles. The molecule has 0 saturated heterocycles. The zero-order chi connectivity index (χ0) is 27.9. The molecule has 0 amide bonds. The van der Waals surface area contributed by atoms with Crippen LogP contribution in [0.25, 0.3) is 10.9 Å². The molecule has 206 valence electrons.